The Balaban J connectivity index is 2.05. The molecule has 1 fully saturated rings. The maximum Gasteiger partial charge on any atom is 0.133 e. The molecular formula is C17H26BrNO. The third-order valence-corrected chi connectivity index (χ3v) is 4.68. The average molecular weight is 340 g/mol. The standard InChI is InChI=1S/C17H26BrNO/c1-3-10-20-17-9-8-14(12-15(17)18)16(19-4-2)11-13-6-5-7-13/h8-9,12-13,16,19H,3-7,10-11H2,1-2H3. The lowest BCUT2D eigenvalue weighted by Crippen LogP contribution is -2.25. The monoisotopic (exact) mass is 339 g/mol. The molecule has 0 bridgehead atoms. The Bertz CT molecular complexity index is 417. The van der Waals surface area contributed by atoms with Crippen LogP contribution in [0.1, 0.15) is 57.6 Å². The van der Waals surface area contributed by atoms with Gasteiger partial charge in [0.1, 0.15) is 5.75 Å². The van der Waals surface area contributed by atoms with Crippen LogP contribution in [0.15, 0.2) is 22.7 Å². The molecule has 1 aliphatic carbocycles. The highest BCUT2D eigenvalue weighted by Gasteiger charge is 2.23. The molecule has 0 saturated heterocycles. The number of rotatable bonds is 8. The number of ether oxygens (including phenoxy) is 1. The Labute approximate surface area is 131 Å². The number of benzene rings is 1. The molecule has 0 amide bonds. The molecule has 20 heavy (non-hydrogen) atoms. The molecule has 0 spiro atoms. The van der Waals surface area contributed by atoms with Gasteiger partial charge in [-0.1, -0.05) is 39.2 Å². The summed E-state index contributed by atoms with van der Waals surface area (Å²) in [5, 5.41) is 3.63. The van der Waals surface area contributed by atoms with Crippen LogP contribution in [0, 0.1) is 5.92 Å². The largest absolute Gasteiger partial charge is 0.492 e. The highest BCUT2D eigenvalue weighted by molar-refractivity contribution is 9.10. The van der Waals surface area contributed by atoms with E-state index in [9.17, 15) is 0 Å². The van der Waals surface area contributed by atoms with Crippen molar-refractivity contribution in [3.63, 3.8) is 0 Å². The van der Waals surface area contributed by atoms with Crippen LogP contribution >= 0.6 is 15.9 Å². The molecule has 1 unspecified atom stereocenters. The van der Waals surface area contributed by atoms with Gasteiger partial charge < -0.3 is 10.1 Å². The van der Waals surface area contributed by atoms with Crippen molar-refractivity contribution in [1.29, 1.82) is 0 Å². The predicted molar refractivity (Wildman–Crippen MR) is 88.3 cm³/mol. The SMILES string of the molecule is CCCOc1ccc(C(CC2CCC2)NCC)cc1Br. The van der Waals surface area contributed by atoms with E-state index in [0.29, 0.717) is 6.04 Å². The Kier molecular flexibility index (Phi) is 6.37. The van der Waals surface area contributed by atoms with Gasteiger partial charge in [0.05, 0.1) is 11.1 Å². The summed E-state index contributed by atoms with van der Waals surface area (Å²) in [4.78, 5) is 0. The van der Waals surface area contributed by atoms with Gasteiger partial charge in [-0.25, -0.2) is 0 Å². The van der Waals surface area contributed by atoms with Gasteiger partial charge in [0.25, 0.3) is 0 Å². The molecule has 3 heteroatoms. The van der Waals surface area contributed by atoms with E-state index >= 15 is 0 Å². The van der Waals surface area contributed by atoms with E-state index in [1.165, 1.54) is 31.2 Å². The van der Waals surface area contributed by atoms with E-state index in [2.05, 4.69) is 53.3 Å². The van der Waals surface area contributed by atoms with Crippen LogP contribution in [0.3, 0.4) is 0 Å². The Morgan fingerprint density at radius 2 is 2.15 bits per heavy atom. The number of hydrogen-bond acceptors (Lipinski definition) is 2. The van der Waals surface area contributed by atoms with E-state index in [1.807, 2.05) is 0 Å². The summed E-state index contributed by atoms with van der Waals surface area (Å²) in [5.41, 5.74) is 1.37. The van der Waals surface area contributed by atoms with Crippen molar-refractivity contribution in [3.05, 3.63) is 28.2 Å². The molecule has 0 radical (unpaired) electrons. The topological polar surface area (TPSA) is 21.3 Å². The highest BCUT2D eigenvalue weighted by atomic mass is 79.9. The summed E-state index contributed by atoms with van der Waals surface area (Å²) in [7, 11) is 0. The fourth-order valence-electron chi connectivity index (χ4n) is 2.71. The summed E-state index contributed by atoms with van der Waals surface area (Å²) < 4.78 is 6.80. The second kappa shape index (κ2) is 8.04. The van der Waals surface area contributed by atoms with Gasteiger partial charge in [0, 0.05) is 6.04 Å². The minimum Gasteiger partial charge on any atom is -0.492 e. The number of halogens is 1. The molecule has 2 nitrogen and oxygen atoms in total. The van der Waals surface area contributed by atoms with E-state index in [1.54, 1.807) is 0 Å². The first-order valence-corrected chi connectivity index (χ1v) is 8.69. The summed E-state index contributed by atoms with van der Waals surface area (Å²) in [6.07, 6.45) is 6.52. The number of nitrogens with one attached hydrogen (secondary N) is 1. The van der Waals surface area contributed by atoms with Gasteiger partial charge >= 0.3 is 0 Å². The minimum absolute atomic E-state index is 0.474. The molecule has 1 atom stereocenters. The molecule has 1 aromatic carbocycles. The van der Waals surface area contributed by atoms with Crippen LogP contribution in [0.5, 0.6) is 5.75 Å². The minimum atomic E-state index is 0.474. The van der Waals surface area contributed by atoms with Crippen molar-refractivity contribution in [1.82, 2.24) is 5.32 Å². The molecule has 1 N–H and O–H groups in total. The van der Waals surface area contributed by atoms with E-state index < -0.39 is 0 Å². The lowest BCUT2D eigenvalue weighted by atomic mass is 9.79. The van der Waals surface area contributed by atoms with Crippen LogP contribution in [0.25, 0.3) is 0 Å². The Morgan fingerprint density at radius 1 is 1.35 bits per heavy atom. The zero-order chi connectivity index (χ0) is 14.4. The molecule has 0 aromatic heterocycles. The van der Waals surface area contributed by atoms with E-state index in [0.717, 1.165) is 35.7 Å². The third-order valence-electron chi connectivity index (χ3n) is 4.06. The van der Waals surface area contributed by atoms with Crippen LogP contribution in [-0.2, 0) is 0 Å². The first-order valence-electron chi connectivity index (χ1n) is 7.90. The highest BCUT2D eigenvalue weighted by Crippen LogP contribution is 2.36. The predicted octanol–water partition coefficient (Wildman–Crippen LogP) is 5.08. The normalized spacial score (nSPS) is 16.8. The van der Waals surface area contributed by atoms with Gasteiger partial charge in [-0.2, -0.15) is 0 Å². The molecule has 2 rings (SSSR count). The van der Waals surface area contributed by atoms with Gasteiger partial charge in [0.15, 0.2) is 0 Å². The number of hydrogen-bond donors (Lipinski definition) is 1. The zero-order valence-corrected chi connectivity index (χ0v) is 14.2. The second-order valence-corrected chi connectivity index (χ2v) is 6.54. The van der Waals surface area contributed by atoms with Crippen LogP contribution in [-0.4, -0.2) is 13.2 Å². The summed E-state index contributed by atoms with van der Waals surface area (Å²) in [5.74, 6) is 1.86. The van der Waals surface area contributed by atoms with Crippen molar-refractivity contribution >= 4 is 15.9 Å². The van der Waals surface area contributed by atoms with Crippen molar-refractivity contribution in [3.8, 4) is 5.75 Å². The fraction of sp³-hybridized carbons (Fsp3) is 0.647. The molecule has 1 saturated carbocycles. The zero-order valence-electron chi connectivity index (χ0n) is 12.6. The Morgan fingerprint density at radius 3 is 2.70 bits per heavy atom. The van der Waals surface area contributed by atoms with E-state index in [-0.39, 0.29) is 0 Å². The molecule has 1 aliphatic rings. The Hall–Kier alpha value is -0.540. The molecular weight excluding hydrogens is 314 g/mol. The quantitative estimate of drug-likeness (QED) is 0.713. The lowest BCUT2D eigenvalue weighted by Gasteiger charge is -2.30. The molecule has 0 heterocycles. The van der Waals surface area contributed by atoms with Crippen LogP contribution in [0.4, 0.5) is 0 Å². The summed E-state index contributed by atoms with van der Waals surface area (Å²) in [6.45, 7) is 6.10. The van der Waals surface area contributed by atoms with Crippen molar-refractivity contribution in [2.24, 2.45) is 5.92 Å². The van der Waals surface area contributed by atoms with Crippen molar-refractivity contribution in [2.45, 2.75) is 52.0 Å². The van der Waals surface area contributed by atoms with Crippen LogP contribution in [0.2, 0.25) is 0 Å². The molecule has 1 aromatic rings. The first-order chi connectivity index (χ1) is 9.74. The van der Waals surface area contributed by atoms with Gasteiger partial charge in [-0.05, 0) is 58.9 Å². The van der Waals surface area contributed by atoms with Crippen LogP contribution < -0.4 is 10.1 Å². The summed E-state index contributed by atoms with van der Waals surface area (Å²) >= 11 is 3.64. The maximum absolute atomic E-state index is 5.73. The third kappa shape index (κ3) is 4.23. The fourth-order valence-corrected chi connectivity index (χ4v) is 3.22. The lowest BCUT2D eigenvalue weighted by molar-refractivity contribution is 0.262. The van der Waals surface area contributed by atoms with Gasteiger partial charge in [0.2, 0.25) is 0 Å². The molecule has 0 aliphatic heterocycles. The molecule has 112 valence electrons. The van der Waals surface area contributed by atoms with Gasteiger partial charge in [-0.15, -0.1) is 0 Å². The van der Waals surface area contributed by atoms with E-state index in [4.69, 9.17) is 4.74 Å². The first kappa shape index (κ1) is 15.8. The summed E-state index contributed by atoms with van der Waals surface area (Å²) in [6, 6.07) is 7.00. The smallest absolute Gasteiger partial charge is 0.133 e. The van der Waals surface area contributed by atoms with Gasteiger partial charge in [-0.3, -0.25) is 0 Å². The average Bonchev–Trinajstić information content (AvgIpc) is 2.40. The van der Waals surface area contributed by atoms with Crippen molar-refractivity contribution < 1.29 is 4.74 Å². The maximum atomic E-state index is 5.73. The second-order valence-electron chi connectivity index (χ2n) is 5.68. The van der Waals surface area contributed by atoms with Crippen molar-refractivity contribution in [2.75, 3.05) is 13.2 Å².